The van der Waals surface area contributed by atoms with Crippen molar-refractivity contribution in [3.63, 3.8) is 0 Å². The molecule has 2 aromatic rings. The Morgan fingerprint density at radius 1 is 0.867 bits per heavy atom. The highest BCUT2D eigenvalue weighted by Gasteiger charge is 2.24. The summed E-state index contributed by atoms with van der Waals surface area (Å²) in [6.07, 6.45) is 0. The third kappa shape index (κ3) is 5.73. The van der Waals surface area contributed by atoms with Crippen LogP contribution in [0.25, 0.3) is 0 Å². The van der Waals surface area contributed by atoms with Crippen LogP contribution in [0.15, 0.2) is 54.6 Å². The van der Waals surface area contributed by atoms with Crippen LogP contribution in [0, 0.1) is 0 Å². The van der Waals surface area contributed by atoms with Crippen LogP contribution in [0.4, 0.5) is 21.9 Å². The molecule has 1 fully saturated rings. The molecule has 1 atom stereocenters. The number of urea groups is 1. The van der Waals surface area contributed by atoms with Crippen molar-refractivity contribution in [2.45, 2.75) is 19.9 Å². The van der Waals surface area contributed by atoms with Gasteiger partial charge in [-0.2, -0.15) is 0 Å². The van der Waals surface area contributed by atoms with Crippen molar-refractivity contribution in [3.8, 4) is 0 Å². The molecule has 1 aliphatic rings. The Kier molecular flexibility index (Phi) is 6.90. The molecule has 30 heavy (non-hydrogen) atoms. The number of anilines is 3. The van der Waals surface area contributed by atoms with Gasteiger partial charge in [-0.25, -0.2) is 4.79 Å². The lowest BCUT2D eigenvalue weighted by Gasteiger charge is -2.36. The molecule has 3 N–H and O–H groups in total. The zero-order valence-corrected chi connectivity index (χ0v) is 17.2. The van der Waals surface area contributed by atoms with E-state index in [1.807, 2.05) is 18.2 Å². The monoisotopic (exact) mass is 409 g/mol. The second-order valence-electron chi connectivity index (χ2n) is 7.23. The summed E-state index contributed by atoms with van der Waals surface area (Å²) in [5.41, 5.74) is 2.28. The number of nitrogens with zero attached hydrogens (tertiary/aromatic N) is 2. The predicted octanol–water partition coefficient (Wildman–Crippen LogP) is 2.50. The summed E-state index contributed by atoms with van der Waals surface area (Å²) in [4.78, 5) is 40.1. The molecule has 8 heteroatoms. The van der Waals surface area contributed by atoms with Crippen molar-refractivity contribution in [3.05, 3.63) is 54.6 Å². The van der Waals surface area contributed by atoms with Gasteiger partial charge in [0, 0.05) is 50.2 Å². The normalized spacial score (nSPS) is 14.6. The number of carbonyl (C=O) groups is 3. The molecule has 0 spiro atoms. The highest BCUT2D eigenvalue weighted by atomic mass is 16.2. The van der Waals surface area contributed by atoms with Crippen molar-refractivity contribution in [1.82, 2.24) is 10.2 Å². The van der Waals surface area contributed by atoms with E-state index in [9.17, 15) is 14.4 Å². The molecule has 2 aromatic carbocycles. The summed E-state index contributed by atoms with van der Waals surface area (Å²) in [6.45, 7) is 5.73. The molecule has 1 heterocycles. The minimum Gasteiger partial charge on any atom is -0.368 e. The van der Waals surface area contributed by atoms with Gasteiger partial charge in [0.1, 0.15) is 6.04 Å². The first-order chi connectivity index (χ1) is 14.4. The van der Waals surface area contributed by atoms with E-state index in [-0.39, 0.29) is 17.8 Å². The van der Waals surface area contributed by atoms with Gasteiger partial charge in [-0.15, -0.1) is 0 Å². The van der Waals surface area contributed by atoms with Crippen LogP contribution in [0.5, 0.6) is 0 Å². The van der Waals surface area contributed by atoms with Gasteiger partial charge >= 0.3 is 6.03 Å². The average molecular weight is 409 g/mol. The molecule has 8 nitrogen and oxygen atoms in total. The van der Waals surface area contributed by atoms with Crippen molar-refractivity contribution in [1.29, 1.82) is 0 Å². The fourth-order valence-electron chi connectivity index (χ4n) is 3.28. The van der Waals surface area contributed by atoms with E-state index in [1.54, 1.807) is 36.1 Å². The van der Waals surface area contributed by atoms with Crippen LogP contribution in [-0.4, -0.2) is 55.0 Å². The third-order valence-corrected chi connectivity index (χ3v) is 4.87. The summed E-state index contributed by atoms with van der Waals surface area (Å²) in [5.74, 6) is -0.516. The average Bonchev–Trinajstić information content (AvgIpc) is 2.74. The molecule has 3 rings (SSSR count). The maximum atomic E-state index is 12.6. The molecule has 1 saturated heterocycles. The molecule has 1 aliphatic heterocycles. The Bertz CT molecular complexity index is 895. The molecule has 0 unspecified atom stereocenters. The van der Waals surface area contributed by atoms with E-state index in [0.29, 0.717) is 24.5 Å². The number of hydrogen-bond donors (Lipinski definition) is 3. The van der Waals surface area contributed by atoms with E-state index >= 15 is 0 Å². The van der Waals surface area contributed by atoms with Gasteiger partial charge in [-0.3, -0.25) is 9.59 Å². The molecular formula is C22H27N5O3. The number of piperazine rings is 1. The third-order valence-electron chi connectivity index (χ3n) is 4.87. The summed E-state index contributed by atoms with van der Waals surface area (Å²) in [6, 6.07) is 16.0. The van der Waals surface area contributed by atoms with Crippen LogP contribution < -0.4 is 20.9 Å². The Morgan fingerprint density at radius 2 is 1.50 bits per heavy atom. The van der Waals surface area contributed by atoms with E-state index in [4.69, 9.17) is 0 Å². The minimum atomic E-state index is -0.700. The predicted molar refractivity (Wildman–Crippen MR) is 118 cm³/mol. The first-order valence-corrected chi connectivity index (χ1v) is 9.96. The topological polar surface area (TPSA) is 93.8 Å². The van der Waals surface area contributed by atoms with Gasteiger partial charge in [0.15, 0.2) is 0 Å². The maximum absolute atomic E-state index is 12.6. The van der Waals surface area contributed by atoms with Gasteiger partial charge in [0.05, 0.1) is 0 Å². The quantitative estimate of drug-likeness (QED) is 0.707. The van der Waals surface area contributed by atoms with E-state index in [0.717, 1.165) is 18.8 Å². The largest absolute Gasteiger partial charge is 0.368 e. The first kappa shape index (κ1) is 21.2. The Morgan fingerprint density at radius 3 is 2.13 bits per heavy atom. The second-order valence-corrected chi connectivity index (χ2v) is 7.23. The number of amides is 4. The van der Waals surface area contributed by atoms with Gasteiger partial charge in [-0.05, 0) is 37.3 Å². The lowest BCUT2D eigenvalue weighted by atomic mass is 10.2. The summed E-state index contributed by atoms with van der Waals surface area (Å²) < 4.78 is 0. The molecule has 0 radical (unpaired) electrons. The Balaban J connectivity index is 1.48. The summed E-state index contributed by atoms with van der Waals surface area (Å²) in [7, 11) is 0. The Labute approximate surface area is 176 Å². The zero-order chi connectivity index (χ0) is 21.5. The van der Waals surface area contributed by atoms with E-state index in [1.165, 1.54) is 6.92 Å². The first-order valence-electron chi connectivity index (χ1n) is 9.96. The Hall–Kier alpha value is -3.55. The van der Waals surface area contributed by atoms with Gasteiger partial charge in [0.25, 0.3) is 0 Å². The molecule has 0 saturated carbocycles. The van der Waals surface area contributed by atoms with Crippen LogP contribution in [0.1, 0.15) is 13.8 Å². The molecule has 4 amide bonds. The van der Waals surface area contributed by atoms with Crippen molar-refractivity contribution in [2.75, 3.05) is 41.7 Å². The second kappa shape index (κ2) is 9.78. The van der Waals surface area contributed by atoms with Crippen LogP contribution in [-0.2, 0) is 9.59 Å². The standard InChI is InChI=1S/C22H27N5O3/c1-16(21(29)25-19-8-6-7-18(15-19)24-17(2)28)23-22(30)27-13-11-26(12-14-27)20-9-4-3-5-10-20/h3-10,15-16H,11-14H2,1-2H3,(H,23,30)(H,24,28)(H,25,29)/t16-/m1/s1. The molecule has 0 bridgehead atoms. The summed E-state index contributed by atoms with van der Waals surface area (Å²) in [5, 5.41) is 8.19. The number of nitrogens with one attached hydrogen (secondary N) is 3. The zero-order valence-electron chi connectivity index (χ0n) is 17.2. The maximum Gasteiger partial charge on any atom is 0.318 e. The van der Waals surface area contributed by atoms with Crippen LogP contribution in [0.3, 0.4) is 0 Å². The number of para-hydroxylation sites is 1. The van der Waals surface area contributed by atoms with Gasteiger partial charge in [-0.1, -0.05) is 24.3 Å². The van der Waals surface area contributed by atoms with Crippen molar-refractivity contribution >= 4 is 34.9 Å². The molecular weight excluding hydrogens is 382 g/mol. The lowest BCUT2D eigenvalue weighted by Crippen LogP contribution is -2.54. The van der Waals surface area contributed by atoms with Crippen molar-refractivity contribution < 1.29 is 14.4 Å². The SMILES string of the molecule is CC(=O)Nc1cccc(NC(=O)[C@@H](C)NC(=O)N2CCN(c3ccccc3)CC2)c1. The van der Waals surface area contributed by atoms with E-state index in [2.05, 4.69) is 33.0 Å². The molecule has 0 aromatic heterocycles. The van der Waals surface area contributed by atoms with Crippen LogP contribution in [0.2, 0.25) is 0 Å². The summed E-state index contributed by atoms with van der Waals surface area (Å²) >= 11 is 0. The molecule has 0 aliphatic carbocycles. The van der Waals surface area contributed by atoms with Gasteiger partial charge < -0.3 is 25.8 Å². The smallest absolute Gasteiger partial charge is 0.318 e. The number of carbonyl (C=O) groups excluding carboxylic acids is 3. The number of rotatable bonds is 5. The highest BCUT2D eigenvalue weighted by Crippen LogP contribution is 2.16. The van der Waals surface area contributed by atoms with Crippen LogP contribution >= 0.6 is 0 Å². The van der Waals surface area contributed by atoms with Crippen molar-refractivity contribution in [2.24, 2.45) is 0 Å². The number of hydrogen-bond acceptors (Lipinski definition) is 4. The fraction of sp³-hybridized carbons (Fsp3) is 0.318. The van der Waals surface area contributed by atoms with E-state index < -0.39 is 6.04 Å². The number of benzene rings is 2. The lowest BCUT2D eigenvalue weighted by molar-refractivity contribution is -0.117. The fourth-order valence-corrected chi connectivity index (χ4v) is 3.28. The van der Waals surface area contributed by atoms with Gasteiger partial charge in [0.2, 0.25) is 11.8 Å². The minimum absolute atomic E-state index is 0.188. The highest BCUT2D eigenvalue weighted by molar-refractivity contribution is 5.97. The molecule has 158 valence electrons.